The van der Waals surface area contributed by atoms with Crippen LogP contribution in [0.2, 0.25) is 0 Å². The summed E-state index contributed by atoms with van der Waals surface area (Å²) in [7, 11) is 1.33. The number of fused-ring (bicyclic) bond motifs is 12. The molecule has 5 nitrogen and oxygen atoms in total. The molecular weight excluding hydrogens is 1640 g/mol. The van der Waals surface area contributed by atoms with E-state index < -0.39 is 0 Å². The van der Waals surface area contributed by atoms with Gasteiger partial charge >= 0.3 is 7.12 Å². The average molecular weight is 1740 g/mol. The van der Waals surface area contributed by atoms with Crippen LogP contribution in [0.3, 0.4) is 0 Å². The van der Waals surface area contributed by atoms with Gasteiger partial charge < -0.3 is 22.8 Å². The van der Waals surface area contributed by atoms with Crippen molar-refractivity contribution in [2.45, 2.75) is 121 Å². The number of hydrogen-bond donors (Lipinski definition) is 0. The number of rotatable bonds is 13. The van der Waals surface area contributed by atoms with Crippen LogP contribution in [-0.2, 0) is 9.31 Å². The van der Waals surface area contributed by atoms with Crippen LogP contribution in [-0.4, -0.2) is 45.5 Å². The second-order valence-electron chi connectivity index (χ2n) is 35.0. The molecule has 0 unspecified atom stereocenters. The lowest BCUT2D eigenvalue weighted by Gasteiger charge is -2.39. The van der Waals surface area contributed by atoms with Crippen LogP contribution in [0.4, 0.5) is 0 Å². The van der Waals surface area contributed by atoms with Crippen LogP contribution >= 0.6 is 30.5 Å². The topological polar surface area (TPSA) is 36.5 Å². The number of para-hydroxylation sites is 4. The van der Waals surface area contributed by atoms with Crippen LogP contribution in [0.25, 0.3) is 165 Å². The largest absolute Gasteiger partial charge is 0.496 e. The lowest BCUT2D eigenvalue weighted by atomic mass is 9.78. The summed E-state index contributed by atoms with van der Waals surface area (Å²) >= 11 is 2.39. The number of nitrogens with zero attached hydrogens (tertiary/aromatic N) is 2. The van der Waals surface area contributed by atoms with E-state index in [1.165, 1.54) is 233 Å². The maximum Gasteiger partial charge on any atom is 0.494 e. The molecule has 16 aromatic carbocycles. The van der Waals surface area contributed by atoms with E-state index in [-0.39, 0.29) is 26.2 Å². The molecule has 3 aliphatic rings. The molecule has 20 aromatic rings. The Kier molecular flexibility index (Phi) is 22.5. The molecule has 23 rings (SSSR count). The minimum atomic E-state index is -0.358. The zero-order chi connectivity index (χ0) is 84.0. The van der Waals surface area contributed by atoms with Crippen molar-refractivity contribution >= 4 is 125 Å². The van der Waals surface area contributed by atoms with Gasteiger partial charge in [-0.3, -0.25) is 0 Å². The van der Waals surface area contributed by atoms with Crippen molar-refractivity contribution in [1.29, 1.82) is 0 Å². The van der Waals surface area contributed by atoms with E-state index in [0.717, 1.165) is 28.1 Å². The molecule has 608 valence electrons. The Morgan fingerprint density at radius 2 is 0.653 bits per heavy atom. The Bertz CT molecular complexity index is 7190. The average Bonchev–Trinajstić information content (AvgIpc) is 1.55. The zero-order valence-electron chi connectivity index (χ0n) is 71.5. The number of aryl methyl sites for hydroxylation is 1. The number of benzene rings is 16. The Morgan fingerprint density at radius 1 is 0.315 bits per heavy atom. The molecule has 1 saturated heterocycles. The molecule has 4 aromatic heterocycles. The van der Waals surface area contributed by atoms with Gasteiger partial charge in [-0.25, -0.2) is 0 Å². The number of aromatic nitrogens is 2. The van der Waals surface area contributed by atoms with Gasteiger partial charge in [-0.1, -0.05) is 350 Å². The number of halogens is 1. The molecule has 5 heterocycles. The van der Waals surface area contributed by atoms with Crippen molar-refractivity contribution in [3.05, 3.63) is 379 Å². The SMILES string of the molecule is CC1(C)OB(c2cccc(-c3cccc(-c4ccc(-c5ccccc5)cc4)c3)c2)OC1(C)C.COc1cccc(C)c1-c1ccccc1P(C1CCCCC1)C1CCCCC1.Ic1ccc2c(c1)c1cccc3c4ccccc4n2c31.c1ccc(-c2ccc(-c3cccc(-c4cccc(-c5ccc6c(c5)c5cccc7c8ccccc8n6c75)c4)c3)cc2)cc1. The van der Waals surface area contributed by atoms with Gasteiger partial charge in [0.15, 0.2) is 0 Å². The van der Waals surface area contributed by atoms with Crippen LogP contribution in [0.15, 0.2) is 370 Å². The van der Waals surface area contributed by atoms with E-state index in [9.17, 15) is 0 Å². The van der Waals surface area contributed by atoms with E-state index in [1.807, 2.05) is 13.2 Å². The summed E-state index contributed by atoms with van der Waals surface area (Å²) in [5, 5.41) is 12.3. The lowest BCUT2D eigenvalue weighted by molar-refractivity contribution is 0.00578. The van der Waals surface area contributed by atoms with Gasteiger partial charge in [0.2, 0.25) is 0 Å². The number of ether oxygens (including phenoxy) is 1. The third-order valence-electron chi connectivity index (χ3n) is 26.9. The maximum atomic E-state index is 6.26. The highest BCUT2D eigenvalue weighted by atomic mass is 127. The molecule has 0 spiro atoms. The summed E-state index contributed by atoms with van der Waals surface area (Å²) in [6.07, 6.45) is 14.4. The molecule has 0 N–H and O–H groups in total. The molecule has 2 saturated carbocycles. The van der Waals surface area contributed by atoms with Crippen molar-refractivity contribution in [1.82, 2.24) is 8.80 Å². The van der Waals surface area contributed by atoms with Gasteiger partial charge in [0.1, 0.15) is 5.75 Å². The van der Waals surface area contributed by atoms with Crippen LogP contribution < -0.4 is 15.5 Å². The molecule has 0 atom stereocenters. The molecule has 1 aliphatic heterocycles. The molecule has 2 aliphatic carbocycles. The summed E-state index contributed by atoms with van der Waals surface area (Å²) < 4.78 is 24.5. The molecule has 3 fully saturated rings. The maximum absolute atomic E-state index is 6.26. The van der Waals surface area contributed by atoms with Crippen LogP contribution in [0.5, 0.6) is 5.75 Å². The Balaban J connectivity index is 0.000000108. The Labute approximate surface area is 744 Å². The van der Waals surface area contributed by atoms with Gasteiger partial charge in [0.25, 0.3) is 0 Å². The van der Waals surface area contributed by atoms with Crippen molar-refractivity contribution in [2.24, 2.45) is 0 Å². The van der Waals surface area contributed by atoms with Gasteiger partial charge in [0, 0.05) is 52.2 Å². The Morgan fingerprint density at radius 3 is 1.14 bits per heavy atom. The first-order chi connectivity index (χ1) is 60.8. The number of hydrogen-bond acceptors (Lipinski definition) is 3. The van der Waals surface area contributed by atoms with E-state index in [2.05, 4.69) is 430 Å². The highest BCUT2D eigenvalue weighted by Gasteiger charge is 2.52. The number of methoxy groups -OCH3 is 1. The van der Waals surface area contributed by atoms with Crippen molar-refractivity contribution < 1.29 is 14.0 Å². The first kappa shape index (κ1) is 80.5. The molecule has 124 heavy (non-hydrogen) atoms. The Hall–Kier alpha value is -11.9. The van der Waals surface area contributed by atoms with Crippen LogP contribution in [0, 0.1) is 10.5 Å². The summed E-state index contributed by atoms with van der Waals surface area (Å²) in [5.74, 6) is 1.02. The monoisotopic (exact) mass is 1740 g/mol. The fourth-order valence-corrected chi connectivity index (χ4v) is 24.4. The van der Waals surface area contributed by atoms with Gasteiger partial charge in [-0.2, -0.15) is 0 Å². The normalized spacial score (nSPS) is 14.8. The molecule has 0 bridgehead atoms. The second-order valence-corrected chi connectivity index (χ2v) is 39.0. The van der Waals surface area contributed by atoms with Gasteiger partial charge in [-0.05, 0) is 261 Å². The van der Waals surface area contributed by atoms with Crippen molar-refractivity contribution in [2.75, 3.05) is 7.11 Å². The highest BCUT2D eigenvalue weighted by molar-refractivity contribution is 14.1. The predicted molar refractivity (Wildman–Crippen MR) is 539 cm³/mol. The third kappa shape index (κ3) is 15.6. The van der Waals surface area contributed by atoms with E-state index >= 15 is 0 Å². The van der Waals surface area contributed by atoms with Crippen molar-refractivity contribution in [3.63, 3.8) is 0 Å². The molecular formula is C116H101BIN2O3P. The first-order valence-electron chi connectivity index (χ1n) is 44.4. The summed E-state index contributed by atoms with van der Waals surface area (Å²) in [4.78, 5) is 0. The summed E-state index contributed by atoms with van der Waals surface area (Å²) in [6, 6.07) is 134. The second kappa shape index (κ2) is 34.6. The summed E-state index contributed by atoms with van der Waals surface area (Å²) in [5.41, 5.74) is 31.1. The minimum Gasteiger partial charge on any atom is -0.496 e. The minimum absolute atomic E-state index is 0.122. The fraction of sp³-hybridized carbons (Fsp3) is 0.172. The molecule has 0 radical (unpaired) electrons. The quantitative estimate of drug-likeness (QED) is 0.0656. The first-order valence-corrected chi connectivity index (χ1v) is 46.9. The predicted octanol–water partition coefficient (Wildman–Crippen LogP) is 31.4. The van der Waals surface area contributed by atoms with E-state index in [4.69, 9.17) is 14.0 Å². The van der Waals surface area contributed by atoms with Crippen LogP contribution in [0.1, 0.15) is 97.5 Å². The van der Waals surface area contributed by atoms with E-state index in [0.29, 0.717) is 0 Å². The smallest absolute Gasteiger partial charge is 0.494 e. The standard InChI is InChI=1S/C42H27N.C30H29BO2.C26H35OP.C18H10IN/c1-2-9-28(10-3-1)29-19-21-30(22-20-29)31-11-6-12-32(25-31)33-13-7-14-34(26-33)35-23-24-41-39(27-35)38-17-8-16-37-36-15-4-5-18-40(36)43(41)42(37)38;1-29(2)30(3,4)33-31(32-29)28-15-9-14-27(21-28)26-13-8-12-25(20-26)24-18-16-23(17-19-24)22-10-6-5-7-11-22;1-20-12-11-18-24(27-2)26(20)23-17-9-10-19-25(23)28(21-13-5-3-6-14-21)22-15-7-4-8-16-22;19-11-8-9-17-15(10-11)14-6-3-5-13-12-4-1-2-7-16(12)20(17)18(13)14/h1-27H;5-21H,1-4H3;9-12,17-19,21-22H,3-8,13-16H2,1-2H3;1-10H. The molecule has 8 heteroatoms. The van der Waals surface area contributed by atoms with Gasteiger partial charge in [-0.15, -0.1) is 0 Å². The molecule has 0 amide bonds. The highest BCUT2D eigenvalue weighted by Crippen LogP contribution is 2.57. The lowest BCUT2D eigenvalue weighted by Crippen LogP contribution is -2.41. The van der Waals surface area contributed by atoms with Gasteiger partial charge in [0.05, 0.1) is 51.4 Å². The fourth-order valence-electron chi connectivity index (χ4n) is 19.9. The summed E-state index contributed by atoms with van der Waals surface area (Å²) in [6.45, 7) is 10.6. The van der Waals surface area contributed by atoms with Crippen molar-refractivity contribution in [3.8, 4) is 94.8 Å². The zero-order valence-corrected chi connectivity index (χ0v) is 74.5. The third-order valence-corrected chi connectivity index (χ3v) is 31.1. The van der Waals surface area contributed by atoms with E-state index in [1.54, 1.807) is 5.30 Å².